The number of carbonyl (C=O) groups is 1. The first-order chi connectivity index (χ1) is 3.77. The number of rotatable bonds is 2. The monoisotopic (exact) mass is 112 g/mol. The molecule has 0 heterocycles. The van der Waals surface area contributed by atoms with Crippen LogP contribution in [0.4, 0.5) is 0 Å². The van der Waals surface area contributed by atoms with E-state index in [1.165, 1.54) is 0 Å². The topological polar surface area (TPSA) is 37.3 Å². The number of carboxylic acid groups (broad SMARTS) is 1. The van der Waals surface area contributed by atoms with Gasteiger partial charge in [0.15, 0.2) is 0 Å². The summed E-state index contributed by atoms with van der Waals surface area (Å²) >= 11 is 0. The fourth-order valence-corrected chi connectivity index (χ4v) is 0.294. The van der Waals surface area contributed by atoms with Gasteiger partial charge in [-0.05, 0) is 6.92 Å². The number of hydrogen-bond acceptors (Lipinski definition) is 1. The summed E-state index contributed by atoms with van der Waals surface area (Å²) in [6.07, 6.45) is 0.618. The van der Waals surface area contributed by atoms with Crippen LogP contribution >= 0.6 is 0 Å². The number of carboxylic acids is 1. The average Bonchev–Trinajstić information content (AvgIpc) is 1.66. The summed E-state index contributed by atoms with van der Waals surface area (Å²) in [7, 11) is 0. The molecule has 0 saturated heterocycles. The minimum absolute atomic E-state index is 0.154. The van der Waals surface area contributed by atoms with Gasteiger partial charge in [0.2, 0.25) is 0 Å². The molecule has 0 saturated carbocycles. The molecule has 44 valence electrons. The molecule has 0 aromatic carbocycles. The molecule has 0 bridgehead atoms. The van der Waals surface area contributed by atoms with Crippen molar-refractivity contribution >= 4 is 5.97 Å². The van der Waals surface area contributed by atoms with Crippen molar-refractivity contribution in [2.75, 3.05) is 0 Å². The lowest BCUT2D eigenvalue weighted by molar-refractivity contribution is -0.136. The van der Waals surface area contributed by atoms with Gasteiger partial charge < -0.3 is 5.11 Å². The van der Waals surface area contributed by atoms with Crippen molar-refractivity contribution < 1.29 is 9.90 Å². The molecule has 0 aliphatic heterocycles. The van der Waals surface area contributed by atoms with E-state index in [0.717, 1.165) is 0 Å². The SMILES string of the molecule is CC#CCCC(=O)O. The quantitative estimate of drug-likeness (QED) is 0.538. The maximum atomic E-state index is 9.81. The van der Waals surface area contributed by atoms with Crippen molar-refractivity contribution in [3.05, 3.63) is 0 Å². The minimum Gasteiger partial charge on any atom is -0.481 e. The van der Waals surface area contributed by atoms with E-state index in [0.29, 0.717) is 6.42 Å². The first-order valence-corrected chi connectivity index (χ1v) is 2.38. The molecule has 0 aliphatic rings. The zero-order valence-corrected chi connectivity index (χ0v) is 4.77. The van der Waals surface area contributed by atoms with Crippen LogP contribution in [0.3, 0.4) is 0 Å². The van der Waals surface area contributed by atoms with Crippen molar-refractivity contribution in [3.63, 3.8) is 0 Å². The molecule has 0 aliphatic carbocycles. The Balaban J connectivity index is 3.14. The second-order valence-corrected chi connectivity index (χ2v) is 1.32. The smallest absolute Gasteiger partial charge is 0.304 e. The van der Waals surface area contributed by atoms with Crippen LogP contribution in [0.2, 0.25) is 0 Å². The Bertz CT molecular complexity index is 127. The molecule has 0 unspecified atom stereocenters. The fourth-order valence-electron chi connectivity index (χ4n) is 0.294. The molecule has 0 aromatic rings. The lowest BCUT2D eigenvalue weighted by Gasteiger charge is -1.81. The lowest BCUT2D eigenvalue weighted by atomic mass is 10.3. The van der Waals surface area contributed by atoms with Crippen LogP contribution in [0.25, 0.3) is 0 Å². The second-order valence-electron chi connectivity index (χ2n) is 1.32. The van der Waals surface area contributed by atoms with Gasteiger partial charge >= 0.3 is 5.97 Å². The van der Waals surface area contributed by atoms with E-state index in [2.05, 4.69) is 11.8 Å². The van der Waals surface area contributed by atoms with Crippen LogP contribution in [-0.4, -0.2) is 11.1 Å². The summed E-state index contributed by atoms with van der Waals surface area (Å²) in [6.45, 7) is 1.70. The highest BCUT2D eigenvalue weighted by atomic mass is 16.4. The van der Waals surface area contributed by atoms with E-state index in [1.807, 2.05) is 0 Å². The molecule has 0 radical (unpaired) electrons. The van der Waals surface area contributed by atoms with Gasteiger partial charge in [0.1, 0.15) is 0 Å². The van der Waals surface area contributed by atoms with E-state index in [4.69, 9.17) is 5.11 Å². The molecule has 0 amide bonds. The molecule has 8 heavy (non-hydrogen) atoms. The largest absolute Gasteiger partial charge is 0.481 e. The first-order valence-electron chi connectivity index (χ1n) is 2.38. The zero-order chi connectivity index (χ0) is 6.41. The third kappa shape index (κ3) is 5.03. The van der Waals surface area contributed by atoms with Crippen molar-refractivity contribution in [2.24, 2.45) is 0 Å². The Morgan fingerprint density at radius 1 is 1.75 bits per heavy atom. The van der Waals surface area contributed by atoms with Crippen molar-refractivity contribution in [1.82, 2.24) is 0 Å². The van der Waals surface area contributed by atoms with Crippen LogP contribution in [0.5, 0.6) is 0 Å². The van der Waals surface area contributed by atoms with E-state index in [-0.39, 0.29) is 6.42 Å². The van der Waals surface area contributed by atoms with E-state index in [1.54, 1.807) is 6.92 Å². The maximum absolute atomic E-state index is 9.81. The summed E-state index contributed by atoms with van der Waals surface area (Å²) in [6, 6.07) is 0. The van der Waals surface area contributed by atoms with Crippen LogP contribution in [0.1, 0.15) is 19.8 Å². The van der Waals surface area contributed by atoms with Gasteiger partial charge in [-0.25, -0.2) is 0 Å². The molecule has 0 fully saturated rings. The summed E-state index contributed by atoms with van der Waals surface area (Å²) in [5, 5.41) is 8.07. The molecule has 0 rings (SSSR count). The Morgan fingerprint density at radius 2 is 2.38 bits per heavy atom. The van der Waals surface area contributed by atoms with Crippen LogP contribution in [0, 0.1) is 11.8 Å². The van der Waals surface area contributed by atoms with E-state index >= 15 is 0 Å². The van der Waals surface area contributed by atoms with Gasteiger partial charge in [0.05, 0.1) is 6.42 Å². The van der Waals surface area contributed by atoms with Gasteiger partial charge in [-0.15, -0.1) is 11.8 Å². The fraction of sp³-hybridized carbons (Fsp3) is 0.500. The zero-order valence-electron chi connectivity index (χ0n) is 4.77. The van der Waals surface area contributed by atoms with Crippen molar-refractivity contribution in [1.29, 1.82) is 0 Å². The molecular weight excluding hydrogens is 104 g/mol. The predicted molar refractivity (Wildman–Crippen MR) is 30.3 cm³/mol. The summed E-state index contributed by atoms with van der Waals surface area (Å²) in [5.74, 6) is 4.47. The Hall–Kier alpha value is -0.970. The molecule has 0 aromatic heterocycles. The molecule has 2 nitrogen and oxygen atoms in total. The summed E-state index contributed by atoms with van der Waals surface area (Å²) in [5.41, 5.74) is 0. The van der Waals surface area contributed by atoms with Gasteiger partial charge in [0.25, 0.3) is 0 Å². The molecule has 2 heteroatoms. The predicted octanol–water partition coefficient (Wildman–Crippen LogP) is 0.875. The Labute approximate surface area is 48.5 Å². The first kappa shape index (κ1) is 7.03. The van der Waals surface area contributed by atoms with Crippen molar-refractivity contribution in [3.8, 4) is 11.8 Å². The van der Waals surface area contributed by atoms with Gasteiger partial charge in [0, 0.05) is 6.42 Å². The summed E-state index contributed by atoms with van der Waals surface area (Å²) in [4.78, 5) is 9.81. The number of hydrogen-bond donors (Lipinski definition) is 1. The highest BCUT2D eigenvalue weighted by Crippen LogP contribution is 1.83. The molecular formula is C6H8O2. The average molecular weight is 112 g/mol. The minimum atomic E-state index is -0.784. The van der Waals surface area contributed by atoms with Crippen LogP contribution in [0.15, 0.2) is 0 Å². The Morgan fingerprint density at radius 3 is 2.75 bits per heavy atom. The third-order valence-electron chi connectivity index (χ3n) is 0.641. The second kappa shape index (κ2) is 4.20. The number of aliphatic carboxylic acids is 1. The molecule has 1 N–H and O–H groups in total. The highest BCUT2D eigenvalue weighted by molar-refractivity contribution is 5.66. The standard InChI is InChI=1S/C6H8O2/c1-2-3-4-5-6(7)8/h4-5H2,1H3,(H,7,8). The molecule has 0 atom stereocenters. The normalized spacial score (nSPS) is 7.12. The molecule has 0 spiro atoms. The van der Waals surface area contributed by atoms with Gasteiger partial charge in [-0.1, -0.05) is 0 Å². The van der Waals surface area contributed by atoms with Gasteiger partial charge in [-0.3, -0.25) is 4.79 Å². The van der Waals surface area contributed by atoms with Crippen LogP contribution < -0.4 is 0 Å². The van der Waals surface area contributed by atoms with E-state index in [9.17, 15) is 4.79 Å². The van der Waals surface area contributed by atoms with Gasteiger partial charge in [-0.2, -0.15) is 0 Å². The Kier molecular flexibility index (Phi) is 3.69. The van der Waals surface area contributed by atoms with E-state index < -0.39 is 5.97 Å². The highest BCUT2D eigenvalue weighted by Gasteiger charge is 1.89. The maximum Gasteiger partial charge on any atom is 0.304 e. The summed E-state index contributed by atoms with van der Waals surface area (Å²) < 4.78 is 0. The lowest BCUT2D eigenvalue weighted by Crippen LogP contribution is -1.91. The van der Waals surface area contributed by atoms with Crippen molar-refractivity contribution in [2.45, 2.75) is 19.8 Å². The third-order valence-corrected chi connectivity index (χ3v) is 0.641. The van der Waals surface area contributed by atoms with Crippen LogP contribution in [-0.2, 0) is 4.79 Å².